The number of nitriles is 1. The molecule has 0 aliphatic carbocycles. The predicted octanol–water partition coefficient (Wildman–Crippen LogP) is 3.59. The van der Waals surface area contributed by atoms with Crippen LogP contribution in [0.3, 0.4) is 0 Å². The number of nitrogens with zero attached hydrogens (tertiary/aromatic N) is 4. The third-order valence-electron chi connectivity index (χ3n) is 3.93. The minimum Gasteiger partial charge on any atom is -0.309 e. The Morgan fingerprint density at radius 3 is 2.68 bits per heavy atom. The number of para-hydroxylation sites is 1. The SMILES string of the molecule is Cc1cc(-n2ncc(C#N)c2NC(=O)C(C)(C)C)nc2ccccc12. The number of aryl methyl sites for hydroxylation is 1. The number of carbonyl (C=O) groups excluding carboxylic acids is 1. The number of hydrogen-bond donors (Lipinski definition) is 1. The first-order valence-electron chi connectivity index (χ1n) is 7.97. The summed E-state index contributed by atoms with van der Waals surface area (Å²) in [5.74, 6) is 0.703. The van der Waals surface area contributed by atoms with Gasteiger partial charge in [-0.05, 0) is 24.6 Å². The summed E-state index contributed by atoms with van der Waals surface area (Å²) in [6, 6.07) is 11.8. The van der Waals surface area contributed by atoms with E-state index >= 15 is 0 Å². The fraction of sp³-hybridized carbons (Fsp3) is 0.263. The van der Waals surface area contributed by atoms with Crippen LogP contribution < -0.4 is 5.32 Å². The van der Waals surface area contributed by atoms with Crippen molar-refractivity contribution in [2.24, 2.45) is 5.41 Å². The van der Waals surface area contributed by atoms with E-state index in [2.05, 4.69) is 21.5 Å². The molecule has 1 amide bonds. The van der Waals surface area contributed by atoms with E-state index in [-0.39, 0.29) is 5.91 Å². The molecule has 3 aromatic rings. The molecular formula is C19H19N5O. The van der Waals surface area contributed by atoms with Gasteiger partial charge in [-0.25, -0.2) is 4.98 Å². The van der Waals surface area contributed by atoms with Crippen LogP contribution in [0.5, 0.6) is 0 Å². The van der Waals surface area contributed by atoms with Gasteiger partial charge in [-0.2, -0.15) is 15.0 Å². The van der Waals surface area contributed by atoms with Crippen molar-refractivity contribution in [3.63, 3.8) is 0 Å². The van der Waals surface area contributed by atoms with Gasteiger partial charge in [0.25, 0.3) is 0 Å². The van der Waals surface area contributed by atoms with Crippen molar-refractivity contribution in [2.45, 2.75) is 27.7 Å². The van der Waals surface area contributed by atoms with Crippen molar-refractivity contribution in [3.8, 4) is 11.9 Å². The normalized spacial score (nSPS) is 11.3. The zero-order valence-electron chi connectivity index (χ0n) is 14.7. The van der Waals surface area contributed by atoms with Crippen molar-refractivity contribution in [2.75, 3.05) is 5.32 Å². The molecule has 0 fully saturated rings. The Kier molecular flexibility index (Phi) is 4.01. The Balaban J connectivity index is 2.14. The summed E-state index contributed by atoms with van der Waals surface area (Å²) in [5.41, 5.74) is 1.58. The molecule has 126 valence electrons. The lowest BCUT2D eigenvalue weighted by Gasteiger charge is -2.18. The molecule has 0 atom stereocenters. The summed E-state index contributed by atoms with van der Waals surface area (Å²) in [6.45, 7) is 7.43. The molecule has 0 aliphatic heterocycles. The summed E-state index contributed by atoms with van der Waals surface area (Å²) in [6.07, 6.45) is 1.43. The Bertz CT molecular complexity index is 1000. The number of anilines is 1. The van der Waals surface area contributed by atoms with Gasteiger partial charge in [-0.15, -0.1) is 0 Å². The molecule has 0 spiro atoms. The van der Waals surface area contributed by atoms with Crippen molar-refractivity contribution >= 4 is 22.6 Å². The van der Waals surface area contributed by atoms with Crippen LogP contribution >= 0.6 is 0 Å². The van der Waals surface area contributed by atoms with Gasteiger partial charge in [0.1, 0.15) is 11.6 Å². The van der Waals surface area contributed by atoms with E-state index < -0.39 is 5.41 Å². The summed E-state index contributed by atoms with van der Waals surface area (Å²) < 4.78 is 1.50. The number of amides is 1. The molecule has 6 heteroatoms. The van der Waals surface area contributed by atoms with E-state index in [1.54, 1.807) is 0 Å². The van der Waals surface area contributed by atoms with Crippen molar-refractivity contribution in [1.29, 1.82) is 5.26 Å². The molecule has 1 N–H and O–H groups in total. The molecule has 0 saturated carbocycles. The van der Waals surface area contributed by atoms with E-state index in [9.17, 15) is 10.1 Å². The molecule has 1 aromatic carbocycles. The number of nitrogens with one attached hydrogen (secondary N) is 1. The smallest absolute Gasteiger partial charge is 0.230 e. The van der Waals surface area contributed by atoms with E-state index in [1.807, 2.05) is 58.0 Å². The fourth-order valence-electron chi connectivity index (χ4n) is 2.46. The van der Waals surface area contributed by atoms with Gasteiger partial charge in [0.2, 0.25) is 5.91 Å². The van der Waals surface area contributed by atoms with Crippen LogP contribution in [0.2, 0.25) is 0 Å². The number of aromatic nitrogens is 3. The molecule has 2 heterocycles. The van der Waals surface area contributed by atoms with Crippen molar-refractivity contribution < 1.29 is 4.79 Å². The maximum Gasteiger partial charge on any atom is 0.230 e. The lowest BCUT2D eigenvalue weighted by Crippen LogP contribution is -2.29. The van der Waals surface area contributed by atoms with Gasteiger partial charge in [-0.3, -0.25) is 4.79 Å². The molecule has 6 nitrogen and oxygen atoms in total. The quantitative estimate of drug-likeness (QED) is 0.777. The molecule has 2 aromatic heterocycles. The van der Waals surface area contributed by atoms with Crippen molar-refractivity contribution in [3.05, 3.63) is 47.7 Å². The number of benzene rings is 1. The van der Waals surface area contributed by atoms with E-state index in [1.165, 1.54) is 10.9 Å². The lowest BCUT2D eigenvalue weighted by atomic mass is 9.96. The zero-order valence-corrected chi connectivity index (χ0v) is 14.7. The number of fused-ring (bicyclic) bond motifs is 1. The second kappa shape index (κ2) is 6.02. The Labute approximate surface area is 146 Å². The number of carbonyl (C=O) groups is 1. The Morgan fingerprint density at radius 2 is 2.00 bits per heavy atom. The van der Waals surface area contributed by atoms with Gasteiger partial charge in [0, 0.05) is 10.8 Å². The fourth-order valence-corrected chi connectivity index (χ4v) is 2.46. The summed E-state index contributed by atoms with van der Waals surface area (Å²) in [5, 5.41) is 17.5. The van der Waals surface area contributed by atoms with E-state index in [0.717, 1.165) is 16.5 Å². The molecule has 0 unspecified atom stereocenters. The van der Waals surface area contributed by atoms with Gasteiger partial charge in [0.15, 0.2) is 11.6 Å². The van der Waals surface area contributed by atoms with Crippen molar-refractivity contribution in [1.82, 2.24) is 14.8 Å². The van der Waals surface area contributed by atoms with Crippen LogP contribution in [0.15, 0.2) is 36.5 Å². The van der Waals surface area contributed by atoms with Gasteiger partial charge in [0.05, 0.1) is 11.7 Å². The summed E-state index contributed by atoms with van der Waals surface area (Å²) in [7, 11) is 0. The second-order valence-electron chi connectivity index (χ2n) is 6.95. The van der Waals surface area contributed by atoms with E-state index in [4.69, 9.17) is 0 Å². The highest BCUT2D eigenvalue weighted by Crippen LogP contribution is 2.25. The average molecular weight is 333 g/mol. The third kappa shape index (κ3) is 3.09. The molecule has 25 heavy (non-hydrogen) atoms. The Hall–Kier alpha value is -3.20. The van der Waals surface area contributed by atoms with Crippen LogP contribution in [-0.4, -0.2) is 20.7 Å². The summed E-state index contributed by atoms with van der Waals surface area (Å²) >= 11 is 0. The lowest BCUT2D eigenvalue weighted by molar-refractivity contribution is -0.123. The maximum atomic E-state index is 12.4. The number of rotatable bonds is 2. The predicted molar refractivity (Wildman–Crippen MR) is 96.4 cm³/mol. The molecular weight excluding hydrogens is 314 g/mol. The highest BCUT2D eigenvalue weighted by molar-refractivity contribution is 5.95. The second-order valence-corrected chi connectivity index (χ2v) is 6.95. The van der Waals surface area contributed by atoms with Gasteiger partial charge in [-0.1, -0.05) is 39.0 Å². The maximum absolute atomic E-state index is 12.4. The largest absolute Gasteiger partial charge is 0.309 e. The van der Waals surface area contributed by atoms with E-state index in [0.29, 0.717) is 17.2 Å². The molecule has 0 saturated heterocycles. The summed E-state index contributed by atoms with van der Waals surface area (Å²) in [4.78, 5) is 17.0. The first-order chi connectivity index (χ1) is 11.8. The van der Waals surface area contributed by atoms with Gasteiger partial charge >= 0.3 is 0 Å². The van der Waals surface area contributed by atoms with Gasteiger partial charge < -0.3 is 5.32 Å². The monoisotopic (exact) mass is 333 g/mol. The highest BCUT2D eigenvalue weighted by Gasteiger charge is 2.25. The Morgan fingerprint density at radius 1 is 1.28 bits per heavy atom. The van der Waals surface area contributed by atoms with Crippen LogP contribution in [0, 0.1) is 23.7 Å². The topological polar surface area (TPSA) is 83.6 Å². The average Bonchev–Trinajstić information content (AvgIpc) is 2.96. The van der Waals surface area contributed by atoms with Crippen LogP contribution in [0.1, 0.15) is 31.9 Å². The first-order valence-corrected chi connectivity index (χ1v) is 7.97. The minimum absolute atomic E-state index is 0.191. The molecule has 0 aliphatic rings. The number of hydrogen-bond acceptors (Lipinski definition) is 4. The van der Waals surface area contributed by atoms with Crippen LogP contribution in [0.4, 0.5) is 5.82 Å². The molecule has 3 rings (SSSR count). The molecule has 0 bridgehead atoms. The first kappa shape index (κ1) is 16.7. The zero-order chi connectivity index (χ0) is 18.2. The standard InChI is InChI=1S/C19H19N5O/c1-12-9-16(22-15-8-6-5-7-14(12)15)24-17(13(10-20)11-21-24)23-18(25)19(2,3)4/h5-9,11H,1-4H3,(H,23,25). The van der Waals surface area contributed by atoms with Crippen LogP contribution in [0.25, 0.3) is 16.7 Å². The minimum atomic E-state index is -0.589. The number of pyridine rings is 1. The third-order valence-corrected chi connectivity index (χ3v) is 3.93. The highest BCUT2D eigenvalue weighted by atomic mass is 16.2. The van der Waals surface area contributed by atoms with Crippen LogP contribution in [-0.2, 0) is 4.79 Å². The molecule has 0 radical (unpaired) electrons.